The molecular weight excluding hydrogens is 296 g/mol. The van der Waals surface area contributed by atoms with Gasteiger partial charge in [-0.2, -0.15) is 0 Å². The van der Waals surface area contributed by atoms with Crippen LogP contribution in [0, 0.1) is 22.7 Å². The summed E-state index contributed by atoms with van der Waals surface area (Å²) < 4.78 is 12.4. The van der Waals surface area contributed by atoms with E-state index >= 15 is 0 Å². The summed E-state index contributed by atoms with van der Waals surface area (Å²) in [6, 6.07) is 6.38. The Balaban J connectivity index is 1.85. The van der Waals surface area contributed by atoms with Gasteiger partial charge in [-0.05, 0) is 73.6 Å². The molecule has 1 heterocycles. The first-order valence-electron chi connectivity index (χ1n) is 9.68. The van der Waals surface area contributed by atoms with E-state index in [4.69, 9.17) is 9.47 Å². The van der Waals surface area contributed by atoms with Gasteiger partial charge < -0.3 is 9.47 Å². The normalized spacial score (nSPS) is 39.9. The minimum Gasteiger partial charge on any atom is -0.497 e. The van der Waals surface area contributed by atoms with Crippen LogP contribution in [0.15, 0.2) is 18.2 Å². The Morgan fingerprint density at radius 1 is 1.12 bits per heavy atom. The van der Waals surface area contributed by atoms with E-state index in [9.17, 15) is 0 Å². The SMILES string of the molecule is COc1ccc2c(c1)C[C@]1(C)[C@@H](C)CCC3C(C)(C)CCC[C@]31O2. The highest BCUT2D eigenvalue weighted by molar-refractivity contribution is 5.44. The first kappa shape index (κ1) is 16.3. The number of ether oxygens (including phenoxy) is 2. The van der Waals surface area contributed by atoms with Crippen LogP contribution in [0.2, 0.25) is 0 Å². The zero-order chi connectivity index (χ0) is 17.2. The second-order valence-electron chi connectivity index (χ2n) is 9.43. The summed E-state index contributed by atoms with van der Waals surface area (Å²) >= 11 is 0. The van der Waals surface area contributed by atoms with Crippen molar-refractivity contribution in [2.45, 2.75) is 71.8 Å². The summed E-state index contributed by atoms with van der Waals surface area (Å²) in [5.74, 6) is 3.41. The van der Waals surface area contributed by atoms with Gasteiger partial charge in [0.2, 0.25) is 0 Å². The van der Waals surface area contributed by atoms with Crippen molar-refractivity contribution in [3.8, 4) is 11.5 Å². The van der Waals surface area contributed by atoms with Gasteiger partial charge in [0.1, 0.15) is 17.1 Å². The molecule has 0 radical (unpaired) electrons. The second kappa shape index (κ2) is 5.16. The van der Waals surface area contributed by atoms with Crippen molar-refractivity contribution in [2.24, 2.45) is 22.7 Å². The van der Waals surface area contributed by atoms with E-state index in [1.807, 2.05) is 6.07 Å². The molecule has 1 aliphatic heterocycles. The maximum Gasteiger partial charge on any atom is 0.123 e. The van der Waals surface area contributed by atoms with E-state index in [0.29, 0.717) is 17.3 Å². The molecule has 1 spiro atoms. The van der Waals surface area contributed by atoms with E-state index in [0.717, 1.165) is 17.9 Å². The molecule has 4 rings (SSSR count). The molecule has 0 bridgehead atoms. The minimum atomic E-state index is 0.00794. The molecule has 132 valence electrons. The Morgan fingerprint density at radius 3 is 2.67 bits per heavy atom. The second-order valence-corrected chi connectivity index (χ2v) is 9.43. The predicted octanol–water partition coefficient (Wildman–Crippen LogP) is 5.63. The van der Waals surface area contributed by atoms with Crippen LogP contribution in [0.5, 0.6) is 11.5 Å². The number of hydrogen-bond donors (Lipinski definition) is 0. The van der Waals surface area contributed by atoms with Crippen molar-refractivity contribution < 1.29 is 9.47 Å². The van der Waals surface area contributed by atoms with Crippen molar-refractivity contribution in [2.75, 3.05) is 7.11 Å². The highest BCUT2D eigenvalue weighted by Gasteiger charge is 2.65. The van der Waals surface area contributed by atoms with Gasteiger partial charge >= 0.3 is 0 Å². The molecule has 0 aromatic heterocycles. The quantitative estimate of drug-likeness (QED) is 0.665. The molecule has 3 aliphatic rings. The molecule has 2 nitrogen and oxygen atoms in total. The molecule has 1 aromatic carbocycles. The van der Waals surface area contributed by atoms with Crippen molar-refractivity contribution in [1.82, 2.24) is 0 Å². The molecule has 0 saturated heterocycles. The summed E-state index contributed by atoms with van der Waals surface area (Å²) in [4.78, 5) is 0. The lowest BCUT2D eigenvalue weighted by molar-refractivity contribution is -0.210. The van der Waals surface area contributed by atoms with Crippen molar-refractivity contribution in [3.63, 3.8) is 0 Å². The van der Waals surface area contributed by atoms with Crippen LogP contribution in [-0.2, 0) is 6.42 Å². The fraction of sp³-hybridized carbons (Fsp3) is 0.727. The Bertz CT molecular complexity index is 649. The van der Waals surface area contributed by atoms with Gasteiger partial charge in [0.05, 0.1) is 7.11 Å². The van der Waals surface area contributed by atoms with Crippen LogP contribution < -0.4 is 9.47 Å². The van der Waals surface area contributed by atoms with Gasteiger partial charge in [0, 0.05) is 11.3 Å². The molecule has 2 heteroatoms. The summed E-state index contributed by atoms with van der Waals surface area (Å²) in [7, 11) is 1.75. The first-order valence-corrected chi connectivity index (χ1v) is 9.68. The van der Waals surface area contributed by atoms with E-state index in [-0.39, 0.29) is 11.0 Å². The highest BCUT2D eigenvalue weighted by Crippen LogP contribution is 2.65. The van der Waals surface area contributed by atoms with Crippen molar-refractivity contribution in [3.05, 3.63) is 23.8 Å². The smallest absolute Gasteiger partial charge is 0.123 e. The van der Waals surface area contributed by atoms with Crippen molar-refractivity contribution in [1.29, 1.82) is 0 Å². The van der Waals surface area contributed by atoms with Crippen LogP contribution in [0.3, 0.4) is 0 Å². The fourth-order valence-electron chi connectivity index (χ4n) is 6.32. The largest absolute Gasteiger partial charge is 0.497 e. The highest BCUT2D eigenvalue weighted by atomic mass is 16.5. The number of hydrogen-bond acceptors (Lipinski definition) is 2. The molecule has 4 atom stereocenters. The molecule has 24 heavy (non-hydrogen) atoms. The lowest BCUT2D eigenvalue weighted by Crippen LogP contribution is -2.68. The standard InChI is InChI=1S/C22H32O2/c1-15-7-10-19-20(2,3)11-6-12-22(19)21(15,4)14-16-13-17(23-5)8-9-18(16)24-22/h8-9,13,15,19H,6-7,10-12,14H2,1-5H3/t15-,19?,21+,22-/m0/s1. The average Bonchev–Trinajstić information content (AvgIpc) is 2.53. The number of fused-ring (bicyclic) bond motifs is 1. The topological polar surface area (TPSA) is 18.5 Å². The van der Waals surface area contributed by atoms with Crippen LogP contribution >= 0.6 is 0 Å². The third-order valence-corrected chi connectivity index (χ3v) is 7.94. The fourth-order valence-corrected chi connectivity index (χ4v) is 6.32. The Labute approximate surface area is 146 Å². The summed E-state index contributed by atoms with van der Waals surface area (Å²) in [5, 5.41) is 0. The zero-order valence-electron chi connectivity index (χ0n) is 15.9. The first-order chi connectivity index (χ1) is 11.3. The number of rotatable bonds is 1. The van der Waals surface area contributed by atoms with Crippen LogP contribution in [0.25, 0.3) is 0 Å². The molecule has 2 saturated carbocycles. The summed E-state index contributed by atoms with van der Waals surface area (Å²) in [6.07, 6.45) is 7.60. The van der Waals surface area contributed by atoms with E-state index < -0.39 is 0 Å². The van der Waals surface area contributed by atoms with E-state index in [2.05, 4.69) is 39.8 Å². The molecule has 0 N–H and O–H groups in total. The number of benzene rings is 1. The molecule has 1 unspecified atom stereocenters. The summed E-state index contributed by atoms with van der Waals surface area (Å²) in [6.45, 7) is 9.91. The Hall–Kier alpha value is -1.18. The molecule has 2 fully saturated rings. The lowest BCUT2D eigenvalue weighted by Gasteiger charge is -2.66. The summed E-state index contributed by atoms with van der Waals surface area (Å²) in [5.41, 5.74) is 1.93. The molecule has 1 aromatic rings. The predicted molar refractivity (Wildman–Crippen MR) is 97.7 cm³/mol. The van der Waals surface area contributed by atoms with Crippen LogP contribution in [-0.4, -0.2) is 12.7 Å². The third-order valence-electron chi connectivity index (χ3n) is 7.94. The van der Waals surface area contributed by atoms with Gasteiger partial charge in [-0.15, -0.1) is 0 Å². The van der Waals surface area contributed by atoms with Gasteiger partial charge in [-0.3, -0.25) is 0 Å². The minimum absolute atomic E-state index is 0.00794. The maximum atomic E-state index is 6.98. The van der Waals surface area contributed by atoms with Gasteiger partial charge in [-0.1, -0.05) is 27.7 Å². The molecule has 2 aliphatic carbocycles. The van der Waals surface area contributed by atoms with Gasteiger partial charge in [0.15, 0.2) is 0 Å². The monoisotopic (exact) mass is 328 g/mol. The Morgan fingerprint density at radius 2 is 1.92 bits per heavy atom. The Kier molecular flexibility index (Phi) is 3.50. The third kappa shape index (κ3) is 2.01. The van der Waals surface area contributed by atoms with Crippen LogP contribution in [0.4, 0.5) is 0 Å². The molecular formula is C22H32O2. The van der Waals surface area contributed by atoms with Gasteiger partial charge in [-0.25, -0.2) is 0 Å². The average molecular weight is 328 g/mol. The van der Waals surface area contributed by atoms with Gasteiger partial charge in [0.25, 0.3) is 0 Å². The zero-order valence-corrected chi connectivity index (χ0v) is 15.9. The van der Waals surface area contributed by atoms with E-state index in [1.165, 1.54) is 37.7 Å². The number of methoxy groups -OCH3 is 1. The van der Waals surface area contributed by atoms with E-state index in [1.54, 1.807) is 7.11 Å². The molecule has 0 amide bonds. The lowest BCUT2D eigenvalue weighted by atomic mass is 9.44. The van der Waals surface area contributed by atoms with Crippen molar-refractivity contribution >= 4 is 0 Å². The maximum absolute atomic E-state index is 6.98. The van der Waals surface area contributed by atoms with Crippen LogP contribution in [0.1, 0.15) is 65.4 Å².